The molecule has 0 bridgehead atoms. The molecule has 0 saturated carbocycles. The number of aliphatic hydroxyl groups excluding tert-OH is 1. The van der Waals surface area contributed by atoms with E-state index in [-0.39, 0.29) is 6.61 Å². The van der Waals surface area contributed by atoms with Crippen LogP contribution in [-0.4, -0.2) is 18.2 Å². The first-order valence-electron chi connectivity index (χ1n) is 6.88. The maximum absolute atomic E-state index is 9.17. The number of piperidine rings is 1. The second-order valence-corrected chi connectivity index (χ2v) is 6.01. The van der Waals surface area contributed by atoms with E-state index in [9.17, 15) is 0 Å². The monoisotopic (exact) mass is 311 g/mol. The van der Waals surface area contributed by atoms with Gasteiger partial charge in [0, 0.05) is 23.2 Å². The van der Waals surface area contributed by atoms with Gasteiger partial charge in [-0.25, -0.2) is 0 Å². The number of halogens is 1. The van der Waals surface area contributed by atoms with Gasteiger partial charge in [-0.3, -0.25) is 0 Å². The molecule has 100 valence electrons. The molecule has 2 rings (SSSR count). The van der Waals surface area contributed by atoms with Crippen molar-refractivity contribution in [2.45, 2.75) is 39.2 Å². The Kier molecular flexibility index (Phi) is 5.07. The van der Waals surface area contributed by atoms with Crippen molar-refractivity contribution in [1.29, 1.82) is 0 Å². The average molecular weight is 312 g/mol. The first kappa shape index (κ1) is 13.9. The van der Waals surface area contributed by atoms with Crippen LogP contribution in [0.3, 0.4) is 0 Å². The molecule has 1 fully saturated rings. The lowest BCUT2D eigenvalue weighted by molar-refractivity contribution is 0.281. The Morgan fingerprint density at radius 1 is 1.33 bits per heavy atom. The topological polar surface area (TPSA) is 23.5 Å². The van der Waals surface area contributed by atoms with Crippen LogP contribution in [0.1, 0.15) is 38.2 Å². The van der Waals surface area contributed by atoms with Gasteiger partial charge >= 0.3 is 0 Å². The van der Waals surface area contributed by atoms with Crippen molar-refractivity contribution in [2.75, 3.05) is 18.0 Å². The molecule has 0 aliphatic carbocycles. The molecule has 1 aliphatic heterocycles. The molecule has 0 unspecified atom stereocenters. The third-order valence-corrected chi connectivity index (χ3v) is 4.62. The van der Waals surface area contributed by atoms with Crippen LogP contribution in [0.5, 0.6) is 0 Å². The van der Waals surface area contributed by atoms with Crippen molar-refractivity contribution >= 4 is 21.6 Å². The first-order valence-corrected chi connectivity index (χ1v) is 7.68. The Labute approximate surface area is 118 Å². The van der Waals surface area contributed by atoms with Crippen molar-refractivity contribution in [2.24, 2.45) is 5.92 Å². The minimum atomic E-state index is 0.0967. The number of hydrogen-bond acceptors (Lipinski definition) is 2. The van der Waals surface area contributed by atoms with E-state index in [0.29, 0.717) is 0 Å². The molecule has 1 heterocycles. The molecule has 18 heavy (non-hydrogen) atoms. The summed E-state index contributed by atoms with van der Waals surface area (Å²) in [4.78, 5) is 2.46. The summed E-state index contributed by atoms with van der Waals surface area (Å²) < 4.78 is 1.01. The van der Waals surface area contributed by atoms with Gasteiger partial charge in [0.2, 0.25) is 0 Å². The van der Waals surface area contributed by atoms with Crippen LogP contribution < -0.4 is 4.90 Å². The van der Waals surface area contributed by atoms with Crippen LogP contribution in [-0.2, 0) is 6.61 Å². The lowest BCUT2D eigenvalue weighted by Gasteiger charge is -2.33. The van der Waals surface area contributed by atoms with Crippen molar-refractivity contribution in [3.8, 4) is 0 Å². The van der Waals surface area contributed by atoms with E-state index in [2.05, 4.69) is 39.9 Å². The summed E-state index contributed by atoms with van der Waals surface area (Å²) >= 11 is 3.52. The number of aliphatic hydroxyl groups is 1. The van der Waals surface area contributed by atoms with Gasteiger partial charge in [0.25, 0.3) is 0 Å². The van der Waals surface area contributed by atoms with Crippen molar-refractivity contribution in [3.05, 3.63) is 28.2 Å². The molecule has 3 heteroatoms. The Hall–Kier alpha value is -0.540. The van der Waals surface area contributed by atoms with E-state index in [1.165, 1.54) is 31.4 Å². The van der Waals surface area contributed by atoms with Crippen LogP contribution in [0.15, 0.2) is 22.7 Å². The highest BCUT2D eigenvalue weighted by molar-refractivity contribution is 9.10. The molecule has 1 aliphatic rings. The highest BCUT2D eigenvalue weighted by atomic mass is 79.9. The quantitative estimate of drug-likeness (QED) is 0.910. The third-order valence-electron chi connectivity index (χ3n) is 3.88. The molecule has 1 aromatic rings. The van der Waals surface area contributed by atoms with Crippen LogP contribution in [0.25, 0.3) is 0 Å². The smallest absolute Gasteiger partial charge is 0.0692 e. The highest BCUT2D eigenvalue weighted by Crippen LogP contribution is 2.29. The Morgan fingerprint density at radius 2 is 2.06 bits per heavy atom. The molecule has 1 aromatic carbocycles. The number of rotatable bonds is 4. The molecule has 0 amide bonds. The fourth-order valence-corrected chi connectivity index (χ4v) is 3.24. The van der Waals surface area contributed by atoms with Gasteiger partial charge in [-0.2, -0.15) is 0 Å². The van der Waals surface area contributed by atoms with Gasteiger partial charge in [-0.15, -0.1) is 0 Å². The second kappa shape index (κ2) is 6.58. The maximum Gasteiger partial charge on any atom is 0.0692 e. The molecule has 0 spiro atoms. The summed E-state index contributed by atoms with van der Waals surface area (Å²) in [6.07, 6.45) is 5.31. The van der Waals surface area contributed by atoms with Crippen LogP contribution in [0.2, 0.25) is 0 Å². The molecular formula is C15H22BrNO. The van der Waals surface area contributed by atoms with Crippen molar-refractivity contribution in [3.63, 3.8) is 0 Å². The highest BCUT2D eigenvalue weighted by Gasteiger charge is 2.19. The molecule has 1 saturated heterocycles. The number of anilines is 1. The molecule has 0 aromatic heterocycles. The molecule has 1 N–H and O–H groups in total. The minimum Gasteiger partial charge on any atom is -0.392 e. The predicted octanol–water partition coefficient (Wildman–Crippen LogP) is 3.96. The second-order valence-electron chi connectivity index (χ2n) is 5.15. The lowest BCUT2D eigenvalue weighted by atomic mass is 9.92. The van der Waals surface area contributed by atoms with Crippen LogP contribution in [0, 0.1) is 5.92 Å². The van der Waals surface area contributed by atoms with Gasteiger partial charge in [0.15, 0.2) is 0 Å². The van der Waals surface area contributed by atoms with Crippen LogP contribution >= 0.6 is 15.9 Å². The summed E-state index contributed by atoms with van der Waals surface area (Å²) in [6.45, 7) is 4.70. The fraction of sp³-hybridized carbons (Fsp3) is 0.600. The number of nitrogens with zero attached hydrogens (tertiary/aromatic N) is 1. The van der Waals surface area contributed by atoms with Gasteiger partial charge in [0.05, 0.1) is 6.61 Å². The lowest BCUT2D eigenvalue weighted by Crippen LogP contribution is -2.33. The van der Waals surface area contributed by atoms with E-state index >= 15 is 0 Å². The molecule has 0 radical (unpaired) electrons. The van der Waals surface area contributed by atoms with Crippen molar-refractivity contribution < 1.29 is 5.11 Å². The molecule has 0 atom stereocenters. The number of benzene rings is 1. The van der Waals surface area contributed by atoms with Gasteiger partial charge in [-0.05, 0) is 36.5 Å². The SMILES string of the molecule is CCCC1CCN(c2ccc(CO)c(Br)c2)CC1. The summed E-state index contributed by atoms with van der Waals surface area (Å²) in [5.74, 6) is 0.923. The van der Waals surface area contributed by atoms with Gasteiger partial charge in [0.1, 0.15) is 0 Å². The minimum absolute atomic E-state index is 0.0967. The third kappa shape index (κ3) is 3.27. The van der Waals surface area contributed by atoms with E-state index in [4.69, 9.17) is 5.11 Å². The Bertz CT molecular complexity index is 386. The van der Waals surface area contributed by atoms with E-state index in [0.717, 1.165) is 29.0 Å². The Balaban J connectivity index is 1.99. The zero-order valence-electron chi connectivity index (χ0n) is 11.0. The molecule has 2 nitrogen and oxygen atoms in total. The summed E-state index contributed by atoms with van der Waals surface area (Å²) in [6, 6.07) is 6.26. The van der Waals surface area contributed by atoms with Crippen LogP contribution in [0.4, 0.5) is 5.69 Å². The summed E-state index contributed by atoms with van der Waals surface area (Å²) in [7, 11) is 0. The zero-order chi connectivity index (χ0) is 13.0. The van der Waals surface area contributed by atoms with E-state index in [1.807, 2.05) is 6.07 Å². The van der Waals surface area contributed by atoms with E-state index < -0.39 is 0 Å². The summed E-state index contributed by atoms with van der Waals surface area (Å²) in [5, 5.41) is 9.17. The number of hydrogen-bond donors (Lipinski definition) is 1. The zero-order valence-corrected chi connectivity index (χ0v) is 12.6. The predicted molar refractivity (Wildman–Crippen MR) is 79.9 cm³/mol. The molecular weight excluding hydrogens is 290 g/mol. The van der Waals surface area contributed by atoms with Gasteiger partial charge < -0.3 is 10.0 Å². The average Bonchev–Trinajstić information content (AvgIpc) is 2.40. The largest absolute Gasteiger partial charge is 0.392 e. The maximum atomic E-state index is 9.17. The first-order chi connectivity index (χ1) is 8.74. The van der Waals surface area contributed by atoms with Gasteiger partial charge in [-0.1, -0.05) is 41.8 Å². The fourth-order valence-electron chi connectivity index (χ4n) is 2.75. The van der Waals surface area contributed by atoms with Crippen molar-refractivity contribution in [1.82, 2.24) is 0 Å². The van der Waals surface area contributed by atoms with E-state index in [1.54, 1.807) is 0 Å². The summed E-state index contributed by atoms with van der Waals surface area (Å²) in [5.41, 5.74) is 2.23. The normalized spacial score (nSPS) is 17.2. The standard InChI is InChI=1S/C15H22BrNO/c1-2-3-12-6-8-17(9-7-12)14-5-4-13(11-18)15(16)10-14/h4-5,10,12,18H,2-3,6-9,11H2,1H3. The Morgan fingerprint density at radius 3 is 2.61 bits per heavy atom.